The third kappa shape index (κ3) is 5.44. The first-order valence-corrected chi connectivity index (χ1v) is 8.88. The third-order valence-corrected chi connectivity index (χ3v) is 4.77. The topological polar surface area (TPSA) is 122 Å². The highest BCUT2D eigenvalue weighted by Gasteiger charge is 2.29. The number of carboxylic acid groups (broad SMARTS) is 1. The summed E-state index contributed by atoms with van der Waals surface area (Å²) in [5.74, 6) is -1.25. The number of nitrogens with zero attached hydrogens (tertiary/aromatic N) is 1. The minimum absolute atomic E-state index is 0.0323. The van der Waals surface area contributed by atoms with Gasteiger partial charge in [-0.3, -0.25) is 19.7 Å². The van der Waals surface area contributed by atoms with E-state index in [2.05, 4.69) is 10.6 Å². The Hall–Kier alpha value is -2.64. The van der Waals surface area contributed by atoms with Crippen molar-refractivity contribution in [2.45, 2.75) is 39.0 Å². The second-order valence-electron chi connectivity index (χ2n) is 6.74. The first kappa shape index (κ1) is 19.7. The van der Waals surface area contributed by atoms with E-state index in [0.29, 0.717) is 50.9 Å². The van der Waals surface area contributed by atoms with Gasteiger partial charge in [0.05, 0.1) is 10.8 Å². The zero-order valence-electron chi connectivity index (χ0n) is 14.9. The molecule has 1 amide bonds. The Bertz CT molecular complexity index is 669. The van der Waals surface area contributed by atoms with Crippen LogP contribution in [0.25, 0.3) is 0 Å². The van der Waals surface area contributed by atoms with Gasteiger partial charge in [-0.05, 0) is 50.7 Å². The SMILES string of the molecule is Cc1ccc(NCCCNC(=O)C2CCC(C(=O)O)CC2)c([N+](=O)[O-])c1. The molecule has 0 saturated heterocycles. The molecular weight excluding hydrogens is 338 g/mol. The monoisotopic (exact) mass is 363 g/mol. The lowest BCUT2D eigenvalue weighted by atomic mass is 9.81. The first-order chi connectivity index (χ1) is 12.4. The normalized spacial score (nSPS) is 19.6. The molecule has 142 valence electrons. The second kappa shape index (κ2) is 9.17. The van der Waals surface area contributed by atoms with Crippen LogP contribution in [0.5, 0.6) is 0 Å². The number of hydrogen-bond donors (Lipinski definition) is 3. The summed E-state index contributed by atoms with van der Waals surface area (Å²) >= 11 is 0. The van der Waals surface area contributed by atoms with Crippen molar-refractivity contribution in [1.82, 2.24) is 5.32 Å². The predicted octanol–water partition coefficient (Wildman–Crippen LogP) is 2.71. The molecule has 0 unspecified atom stereocenters. The fourth-order valence-corrected chi connectivity index (χ4v) is 3.21. The summed E-state index contributed by atoms with van der Waals surface area (Å²) < 4.78 is 0. The average molecular weight is 363 g/mol. The van der Waals surface area contributed by atoms with Crippen LogP contribution in [0.1, 0.15) is 37.7 Å². The van der Waals surface area contributed by atoms with Crippen LogP contribution in [0.2, 0.25) is 0 Å². The summed E-state index contributed by atoms with van der Waals surface area (Å²) in [4.78, 5) is 33.7. The molecule has 0 spiro atoms. The maximum Gasteiger partial charge on any atom is 0.306 e. The summed E-state index contributed by atoms with van der Waals surface area (Å²) in [6.45, 7) is 2.79. The molecule has 1 aliphatic carbocycles. The van der Waals surface area contributed by atoms with Crippen molar-refractivity contribution in [3.05, 3.63) is 33.9 Å². The second-order valence-corrected chi connectivity index (χ2v) is 6.74. The first-order valence-electron chi connectivity index (χ1n) is 8.88. The quantitative estimate of drug-likeness (QED) is 0.371. The van der Waals surface area contributed by atoms with Crippen LogP contribution in [0.15, 0.2) is 18.2 Å². The molecule has 8 nitrogen and oxygen atoms in total. The lowest BCUT2D eigenvalue weighted by Gasteiger charge is -2.25. The van der Waals surface area contributed by atoms with E-state index in [1.54, 1.807) is 13.0 Å². The summed E-state index contributed by atoms with van der Waals surface area (Å²) in [7, 11) is 0. The summed E-state index contributed by atoms with van der Waals surface area (Å²) in [6, 6.07) is 5.02. The van der Waals surface area contributed by atoms with Crippen molar-refractivity contribution >= 4 is 23.3 Å². The number of benzene rings is 1. The van der Waals surface area contributed by atoms with Gasteiger partial charge in [0.15, 0.2) is 0 Å². The number of nitrogens with one attached hydrogen (secondary N) is 2. The molecule has 26 heavy (non-hydrogen) atoms. The maximum absolute atomic E-state index is 12.1. The number of nitro groups is 1. The highest BCUT2D eigenvalue weighted by molar-refractivity contribution is 5.79. The summed E-state index contributed by atoms with van der Waals surface area (Å²) in [6.07, 6.45) is 2.95. The van der Waals surface area contributed by atoms with Gasteiger partial charge in [0.1, 0.15) is 5.69 Å². The molecule has 8 heteroatoms. The van der Waals surface area contributed by atoms with Gasteiger partial charge in [-0.2, -0.15) is 0 Å². The molecule has 0 aliphatic heterocycles. The molecule has 1 saturated carbocycles. The van der Waals surface area contributed by atoms with E-state index in [0.717, 1.165) is 5.56 Å². The third-order valence-electron chi connectivity index (χ3n) is 4.77. The number of hydrogen-bond acceptors (Lipinski definition) is 5. The molecule has 0 bridgehead atoms. The van der Waals surface area contributed by atoms with Crippen LogP contribution >= 0.6 is 0 Å². The fourth-order valence-electron chi connectivity index (χ4n) is 3.21. The highest BCUT2D eigenvalue weighted by atomic mass is 16.6. The number of carbonyl (C=O) groups is 2. The number of rotatable bonds is 8. The number of aliphatic carboxylic acids is 1. The van der Waals surface area contributed by atoms with Gasteiger partial charge in [-0.15, -0.1) is 0 Å². The van der Waals surface area contributed by atoms with Gasteiger partial charge < -0.3 is 15.7 Å². The van der Waals surface area contributed by atoms with E-state index in [9.17, 15) is 19.7 Å². The van der Waals surface area contributed by atoms with E-state index in [1.807, 2.05) is 6.07 Å². The van der Waals surface area contributed by atoms with Gasteiger partial charge in [0.25, 0.3) is 5.69 Å². The van der Waals surface area contributed by atoms with E-state index in [1.165, 1.54) is 6.07 Å². The Morgan fingerprint density at radius 3 is 2.46 bits per heavy atom. The average Bonchev–Trinajstić information content (AvgIpc) is 2.62. The molecule has 3 N–H and O–H groups in total. The minimum Gasteiger partial charge on any atom is -0.481 e. The van der Waals surface area contributed by atoms with Crippen molar-refractivity contribution < 1.29 is 19.6 Å². The molecular formula is C18H25N3O5. The van der Waals surface area contributed by atoms with Gasteiger partial charge in [-0.1, -0.05) is 6.07 Å². The van der Waals surface area contributed by atoms with E-state index in [-0.39, 0.29) is 23.4 Å². The van der Waals surface area contributed by atoms with Crippen LogP contribution in [0, 0.1) is 28.9 Å². The molecule has 1 aliphatic rings. The van der Waals surface area contributed by atoms with E-state index >= 15 is 0 Å². The Labute approximate surface area is 152 Å². The zero-order chi connectivity index (χ0) is 19.1. The van der Waals surface area contributed by atoms with Crippen molar-refractivity contribution in [2.75, 3.05) is 18.4 Å². The Balaban J connectivity index is 1.69. The molecule has 2 rings (SSSR count). The number of carbonyl (C=O) groups excluding carboxylic acids is 1. The van der Waals surface area contributed by atoms with Crippen molar-refractivity contribution in [3.8, 4) is 0 Å². The lowest BCUT2D eigenvalue weighted by Crippen LogP contribution is -2.35. The number of amides is 1. The van der Waals surface area contributed by atoms with E-state index < -0.39 is 10.9 Å². The van der Waals surface area contributed by atoms with Crippen LogP contribution < -0.4 is 10.6 Å². The zero-order valence-corrected chi connectivity index (χ0v) is 14.9. The van der Waals surface area contributed by atoms with Crippen molar-refractivity contribution in [3.63, 3.8) is 0 Å². The number of nitro benzene ring substituents is 1. The van der Waals surface area contributed by atoms with Crippen LogP contribution in [0.3, 0.4) is 0 Å². The molecule has 0 radical (unpaired) electrons. The summed E-state index contributed by atoms with van der Waals surface area (Å²) in [5, 5.41) is 25.9. The lowest BCUT2D eigenvalue weighted by molar-refractivity contribution is -0.384. The molecule has 0 heterocycles. The van der Waals surface area contributed by atoms with Crippen LogP contribution in [0.4, 0.5) is 11.4 Å². The van der Waals surface area contributed by atoms with Gasteiger partial charge >= 0.3 is 5.97 Å². The van der Waals surface area contributed by atoms with Crippen molar-refractivity contribution in [2.24, 2.45) is 11.8 Å². The molecule has 1 fully saturated rings. The van der Waals surface area contributed by atoms with Gasteiger partial charge in [0, 0.05) is 25.1 Å². The highest BCUT2D eigenvalue weighted by Crippen LogP contribution is 2.29. The van der Waals surface area contributed by atoms with Gasteiger partial charge in [0.2, 0.25) is 5.91 Å². The standard InChI is InChI=1S/C18H25N3O5/c1-12-3-8-15(16(11-12)21(25)26)19-9-2-10-20-17(22)13-4-6-14(7-5-13)18(23)24/h3,8,11,13-14,19H,2,4-7,9-10H2,1H3,(H,20,22)(H,23,24). The number of aryl methyl sites for hydroxylation is 1. The Kier molecular flexibility index (Phi) is 6.94. The van der Waals surface area contributed by atoms with Crippen LogP contribution in [-0.2, 0) is 9.59 Å². The molecule has 0 atom stereocenters. The molecule has 0 aromatic heterocycles. The maximum atomic E-state index is 12.1. The molecule has 1 aromatic rings. The van der Waals surface area contributed by atoms with E-state index in [4.69, 9.17) is 5.11 Å². The molecule has 1 aromatic carbocycles. The Morgan fingerprint density at radius 2 is 1.85 bits per heavy atom. The number of carboxylic acids is 1. The largest absolute Gasteiger partial charge is 0.481 e. The van der Waals surface area contributed by atoms with Crippen LogP contribution in [-0.4, -0.2) is 35.0 Å². The summed E-state index contributed by atoms with van der Waals surface area (Å²) in [5.41, 5.74) is 1.34. The number of anilines is 1. The smallest absolute Gasteiger partial charge is 0.306 e. The predicted molar refractivity (Wildman–Crippen MR) is 97.0 cm³/mol. The minimum atomic E-state index is -0.778. The van der Waals surface area contributed by atoms with Crippen molar-refractivity contribution in [1.29, 1.82) is 0 Å². The Morgan fingerprint density at radius 1 is 1.19 bits per heavy atom. The van der Waals surface area contributed by atoms with Gasteiger partial charge in [-0.25, -0.2) is 0 Å². The fraction of sp³-hybridized carbons (Fsp3) is 0.556.